The van der Waals surface area contributed by atoms with Crippen molar-refractivity contribution in [2.45, 2.75) is 26.7 Å². The molecule has 0 aliphatic heterocycles. The summed E-state index contributed by atoms with van der Waals surface area (Å²) in [5, 5.41) is 0.960. The van der Waals surface area contributed by atoms with Crippen LogP contribution in [-0.4, -0.2) is 15.3 Å². The Kier molecular flexibility index (Phi) is 3.05. The fourth-order valence-electron chi connectivity index (χ4n) is 2.64. The lowest BCUT2D eigenvalue weighted by Crippen LogP contribution is -2.19. The van der Waals surface area contributed by atoms with Gasteiger partial charge in [-0.3, -0.25) is 4.57 Å². The number of para-hydroxylation sites is 1. The largest absolute Gasteiger partial charge is 0.366 e. The number of carbonyl (C=O) groups is 1. The molecule has 0 bridgehead atoms. The average Bonchev–Trinajstić information content (AvgIpc) is 2.99. The lowest BCUT2D eigenvalue weighted by atomic mass is 10.1. The summed E-state index contributed by atoms with van der Waals surface area (Å²) in [7, 11) is 0. The standard InChI is InChI=1S/C16H16N2O3/c1-10(2)14-11(3)18(21-15(14)19)16(20)17-9-8-12-6-4-5-7-13(12)17/h4-10H,1-3H3. The third-order valence-corrected chi connectivity index (χ3v) is 3.65. The summed E-state index contributed by atoms with van der Waals surface area (Å²) in [6, 6.07) is 9.02. The Hall–Kier alpha value is -2.56. The summed E-state index contributed by atoms with van der Waals surface area (Å²) in [4.78, 5) is 24.5. The number of carbonyl (C=O) groups excluding carboxylic acids is 1. The van der Waals surface area contributed by atoms with Crippen LogP contribution in [0.3, 0.4) is 0 Å². The summed E-state index contributed by atoms with van der Waals surface area (Å²) in [5.74, 6) is 0.0108. The molecule has 2 aromatic heterocycles. The smallest absolute Gasteiger partial charge is 0.327 e. The van der Waals surface area contributed by atoms with Crippen molar-refractivity contribution in [1.82, 2.24) is 9.31 Å². The molecule has 0 aliphatic carbocycles. The highest BCUT2D eigenvalue weighted by atomic mass is 16.5. The van der Waals surface area contributed by atoms with E-state index in [0.717, 1.165) is 15.6 Å². The molecule has 5 nitrogen and oxygen atoms in total. The van der Waals surface area contributed by atoms with Crippen LogP contribution in [0.15, 0.2) is 45.8 Å². The average molecular weight is 284 g/mol. The van der Waals surface area contributed by atoms with Crippen LogP contribution in [0.2, 0.25) is 0 Å². The van der Waals surface area contributed by atoms with Gasteiger partial charge in [-0.2, -0.15) is 0 Å². The molecule has 3 rings (SSSR count). The highest BCUT2D eigenvalue weighted by molar-refractivity contribution is 5.92. The number of benzene rings is 1. The first-order valence-electron chi connectivity index (χ1n) is 6.84. The molecule has 0 saturated carbocycles. The lowest BCUT2D eigenvalue weighted by molar-refractivity contribution is 0.207. The molecular formula is C16H16N2O3. The van der Waals surface area contributed by atoms with Gasteiger partial charge in [-0.05, 0) is 25.0 Å². The van der Waals surface area contributed by atoms with Crippen LogP contribution in [-0.2, 0) is 0 Å². The number of hydrogen-bond donors (Lipinski definition) is 0. The van der Waals surface area contributed by atoms with Gasteiger partial charge >= 0.3 is 11.7 Å². The van der Waals surface area contributed by atoms with Crippen LogP contribution in [0.5, 0.6) is 0 Å². The van der Waals surface area contributed by atoms with E-state index in [1.54, 1.807) is 13.1 Å². The molecule has 0 unspecified atom stereocenters. The second-order valence-corrected chi connectivity index (χ2v) is 5.35. The number of fused-ring (bicyclic) bond motifs is 1. The number of hydrogen-bond acceptors (Lipinski definition) is 3. The third kappa shape index (κ3) is 2.01. The second kappa shape index (κ2) is 4.77. The van der Waals surface area contributed by atoms with Crippen LogP contribution in [0.1, 0.15) is 31.0 Å². The van der Waals surface area contributed by atoms with Gasteiger partial charge in [0.2, 0.25) is 0 Å². The zero-order valence-electron chi connectivity index (χ0n) is 12.2. The molecule has 108 valence electrons. The quantitative estimate of drug-likeness (QED) is 0.688. The Morgan fingerprint density at radius 2 is 1.90 bits per heavy atom. The first-order chi connectivity index (χ1) is 10.0. The van der Waals surface area contributed by atoms with Gasteiger partial charge in [0.15, 0.2) is 0 Å². The maximum Gasteiger partial charge on any atom is 0.366 e. The molecule has 0 amide bonds. The predicted molar refractivity (Wildman–Crippen MR) is 79.9 cm³/mol. The van der Waals surface area contributed by atoms with Crippen molar-refractivity contribution >= 4 is 16.9 Å². The van der Waals surface area contributed by atoms with Gasteiger partial charge in [-0.15, -0.1) is 4.74 Å². The normalized spacial score (nSPS) is 11.4. The fourth-order valence-corrected chi connectivity index (χ4v) is 2.64. The summed E-state index contributed by atoms with van der Waals surface area (Å²) in [6.07, 6.45) is 1.68. The first kappa shape index (κ1) is 13.4. The van der Waals surface area contributed by atoms with E-state index in [4.69, 9.17) is 4.52 Å². The summed E-state index contributed by atoms with van der Waals surface area (Å²) < 4.78 is 7.69. The molecule has 1 aromatic carbocycles. The topological polar surface area (TPSA) is 57.1 Å². The monoisotopic (exact) mass is 284 g/mol. The van der Waals surface area contributed by atoms with Gasteiger partial charge in [-0.1, -0.05) is 32.0 Å². The summed E-state index contributed by atoms with van der Waals surface area (Å²) in [6.45, 7) is 5.53. The molecule has 21 heavy (non-hydrogen) atoms. The fraction of sp³-hybridized carbons (Fsp3) is 0.250. The molecule has 3 aromatic rings. The Labute approximate surface area is 121 Å². The molecule has 2 heterocycles. The number of aromatic nitrogens is 2. The van der Waals surface area contributed by atoms with Gasteiger partial charge in [0.1, 0.15) is 0 Å². The molecule has 0 radical (unpaired) electrons. The maximum absolute atomic E-state index is 12.6. The highest BCUT2D eigenvalue weighted by Gasteiger charge is 2.22. The van der Waals surface area contributed by atoms with E-state index in [1.165, 1.54) is 4.57 Å². The Bertz CT molecular complexity index is 880. The molecule has 0 spiro atoms. The molecule has 0 fully saturated rings. The van der Waals surface area contributed by atoms with Gasteiger partial charge < -0.3 is 4.52 Å². The zero-order valence-corrected chi connectivity index (χ0v) is 12.2. The maximum atomic E-state index is 12.6. The van der Waals surface area contributed by atoms with Crippen molar-refractivity contribution in [1.29, 1.82) is 0 Å². The van der Waals surface area contributed by atoms with Crippen molar-refractivity contribution in [3.63, 3.8) is 0 Å². The highest BCUT2D eigenvalue weighted by Crippen LogP contribution is 2.19. The van der Waals surface area contributed by atoms with E-state index in [9.17, 15) is 9.59 Å². The zero-order chi connectivity index (χ0) is 15.1. The van der Waals surface area contributed by atoms with E-state index in [1.807, 2.05) is 44.2 Å². The van der Waals surface area contributed by atoms with Crippen molar-refractivity contribution in [3.05, 3.63) is 58.2 Å². The minimum Gasteiger partial charge on any atom is -0.327 e. The van der Waals surface area contributed by atoms with Gasteiger partial charge in [0, 0.05) is 11.6 Å². The Balaban J connectivity index is 2.15. The van der Waals surface area contributed by atoms with Gasteiger partial charge in [0.05, 0.1) is 16.8 Å². The van der Waals surface area contributed by atoms with E-state index < -0.39 is 11.7 Å². The lowest BCUT2D eigenvalue weighted by Gasteiger charge is -2.06. The van der Waals surface area contributed by atoms with Crippen LogP contribution < -0.4 is 5.63 Å². The molecular weight excluding hydrogens is 268 g/mol. The van der Waals surface area contributed by atoms with Crippen molar-refractivity contribution in [3.8, 4) is 0 Å². The van der Waals surface area contributed by atoms with E-state index >= 15 is 0 Å². The first-order valence-corrected chi connectivity index (χ1v) is 6.84. The summed E-state index contributed by atoms with van der Waals surface area (Å²) in [5.41, 5.74) is 1.43. The minimum absolute atomic E-state index is 0.0108. The van der Waals surface area contributed by atoms with Gasteiger partial charge in [-0.25, -0.2) is 9.59 Å². The van der Waals surface area contributed by atoms with Crippen LogP contribution in [0.25, 0.3) is 10.9 Å². The van der Waals surface area contributed by atoms with Crippen LogP contribution >= 0.6 is 0 Å². The van der Waals surface area contributed by atoms with Crippen molar-refractivity contribution in [2.75, 3.05) is 0 Å². The van der Waals surface area contributed by atoms with Crippen molar-refractivity contribution in [2.24, 2.45) is 0 Å². The molecule has 0 saturated heterocycles. The minimum atomic E-state index is -0.452. The Morgan fingerprint density at radius 3 is 2.57 bits per heavy atom. The van der Waals surface area contributed by atoms with Crippen LogP contribution in [0, 0.1) is 6.92 Å². The Morgan fingerprint density at radius 1 is 1.19 bits per heavy atom. The molecule has 5 heteroatoms. The van der Waals surface area contributed by atoms with E-state index in [-0.39, 0.29) is 5.92 Å². The van der Waals surface area contributed by atoms with E-state index in [0.29, 0.717) is 11.3 Å². The van der Waals surface area contributed by atoms with Crippen molar-refractivity contribution < 1.29 is 9.32 Å². The molecule has 0 N–H and O–H groups in total. The third-order valence-electron chi connectivity index (χ3n) is 3.65. The second-order valence-electron chi connectivity index (χ2n) is 5.35. The SMILES string of the molecule is Cc1c(C(C)C)c(=O)on1C(=O)n1ccc2ccccc21. The number of nitrogens with zero attached hydrogens (tertiary/aromatic N) is 2. The van der Waals surface area contributed by atoms with Crippen LogP contribution in [0.4, 0.5) is 4.79 Å². The number of rotatable bonds is 1. The predicted octanol–water partition coefficient (Wildman–Crippen LogP) is 3.34. The van der Waals surface area contributed by atoms with Gasteiger partial charge in [0.25, 0.3) is 0 Å². The molecule has 0 aliphatic rings. The van der Waals surface area contributed by atoms with E-state index in [2.05, 4.69) is 0 Å². The summed E-state index contributed by atoms with van der Waals surface area (Å²) >= 11 is 0. The molecule has 0 atom stereocenters.